The third kappa shape index (κ3) is 3.03. The smallest absolute Gasteiger partial charge is 0.408 e. The molecule has 0 aromatic rings. The summed E-state index contributed by atoms with van der Waals surface area (Å²) in [6.07, 6.45) is 3.09. The SMILES string of the molecule is CC(C)(C)OC(=O)N[C@H]1C=C[C@@H]2OC(C)(C)O[C@H]12. The highest BCUT2D eigenvalue weighted by Gasteiger charge is 2.46. The Morgan fingerprint density at radius 1 is 1.28 bits per heavy atom. The molecule has 1 saturated heterocycles. The van der Waals surface area contributed by atoms with Gasteiger partial charge in [0.15, 0.2) is 5.79 Å². The lowest BCUT2D eigenvalue weighted by Gasteiger charge is -2.24. The van der Waals surface area contributed by atoms with Gasteiger partial charge in [-0.2, -0.15) is 0 Å². The number of fused-ring (bicyclic) bond motifs is 1. The fourth-order valence-electron chi connectivity index (χ4n) is 2.16. The second-order valence-corrected chi connectivity index (χ2v) is 6.12. The average Bonchev–Trinajstić information content (AvgIpc) is 2.60. The van der Waals surface area contributed by atoms with Crippen LogP contribution in [0.3, 0.4) is 0 Å². The first-order valence-electron chi connectivity index (χ1n) is 6.20. The maximum atomic E-state index is 11.7. The standard InChI is InChI=1S/C13H21NO4/c1-12(2,3)18-11(15)14-8-6-7-9-10(8)17-13(4,5)16-9/h6-10H,1-5H3,(H,14,15)/t8-,9-,10+/m0/s1. The van der Waals surface area contributed by atoms with E-state index in [9.17, 15) is 4.79 Å². The highest BCUT2D eigenvalue weighted by atomic mass is 16.8. The molecular weight excluding hydrogens is 234 g/mol. The molecule has 2 rings (SSSR count). The normalized spacial score (nSPS) is 33.3. The van der Waals surface area contributed by atoms with E-state index in [0.717, 1.165) is 0 Å². The van der Waals surface area contributed by atoms with Crippen LogP contribution in [-0.4, -0.2) is 35.7 Å². The Morgan fingerprint density at radius 3 is 2.56 bits per heavy atom. The lowest BCUT2D eigenvalue weighted by molar-refractivity contribution is -0.145. The number of alkyl carbamates (subject to hydrolysis) is 1. The van der Waals surface area contributed by atoms with Crippen molar-refractivity contribution >= 4 is 6.09 Å². The molecule has 0 radical (unpaired) electrons. The summed E-state index contributed by atoms with van der Waals surface area (Å²) in [4.78, 5) is 11.7. The molecule has 5 heteroatoms. The van der Waals surface area contributed by atoms with Gasteiger partial charge in [0.1, 0.15) is 17.8 Å². The van der Waals surface area contributed by atoms with Crippen LogP contribution in [-0.2, 0) is 14.2 Å². The first-order chi connectivity index (χ1) is 8.16. The van der Waals surface area contributed by atoms with Crippen LogP contribution in [0.15, 0.2) is 12.2 Å². The van der Waals surface area contributed by atoms with Crippen molar-refractivity contribution in [2.24, 2.45) is 0 Å². The van der Waals surface area contributed by atoms with Crippen molar-refractivity contribution in [3.05, 3.63) is 12.2 Å². The van der Waals surface area contributed by atoms with Crippen molar-refractivity contribution in [1.82, 2.24) is 5.32 Å². The molecule has 5 nitrogen and oxygen atoms in total. The average molecular weight is 255 g/mol. The second-order valence-electron chi connectivity index (χ2n) is 6.12. The van der Waals surface area contributed by atoms with E-state index in [1.165, 1.54) is 0 Å². The molecule has 1 aliphatic carbocycles. The van der Waals surface area contributed by atoms with Gasteiger partial charge < -0.3 is 19.5 Å². The Hall–Kier alpha value is -1.07. The quantitative estimate of drug-likeness (QED) is 0.728. The molecule has 1 aliphatic heterocycles. The lowest BCUT2D eigenvalue weighted by atomic mass is 10.2. The summed E-state index contributed by atoms with van der Waals surface area (Å²) < 4.78 is 16.7. The first kappa shape index (κ1) is 13.4. The molecule has 3 atom stereocenters. The second kappa shape index (κ2) is 4.24. The molecule has 1 fully saturated rings. The van der Waals surface area contributed by atoms with Crippen LogP contribution in [0.4, 0.5) is 4.79 Å². The molecule has 0 aromatic heterocycles. The van der Waals surface area contributed by atoms with Crippen LogP contribution in [0.1, 0.15) is 34.6 Å². The maximum Gasteiger partial charge on any atom is 0.408 e. The van der Waals surface area contributed by atoms with Crippen LogP contribution in [0.2, 0.25) is 0 Å². The molecule has 2 aliphatic rings. The van der Waals surface area contributed by atoms with Gasteiger partial charge in [0.05, 0.1) is 6.04 Å². The summed E-state index contributed by atoms with van der Waals surface area (Å²) >= 11 is 0. The molecule has 0 saturated carbocycles. The third-order valence-electron chi connectivity index (χ3n) is 2.71. The molecule has 1 heterocycles. The topological polar surface area (TPSA) is 56.8 Å². The van der Waals surface area contributed by atoms with Gasteiger partial charge in [-0.05, 0) is 34.6 Å². The Balaban J connectivity index is 1.92. The van der Waals surface area contributed by atoms with Gasteiger partial charge in [0.2, 0.25) is 0 Å². The minimum atomic E-state index is -0.603. The van der Waals surface area contributed by atoms with E-state index in [1.807, 2.05) is 46.8 Å². The number of amides is 1. The number of carbonyl (C=O) groups excluding carboxylic acids is 1. The summed E-state index contributed by atoms with van der Waals surface area (Å²) in [5.74, 6) is -0.603. The van der Waals surface area contributed by atoms with E-state index >= 15 is 0 Å². The minimum absolute atomic E-state index is 0.0973. The number of carbonyl (C=O) groups is 1. The number of nitrogens with one attached hydrogen (secondary N) is 1. The molecule has 1 amide bonds. The van der Waals surface area contributed by atoms with Gasteiger partial charge in [-0.15, -0.1) is 0 Å². The van der Waals surface area contributed by atoms with E-state index < -0.39 is 17.5 Å². The van der Waals surface area contributed by atoms with Crippen molar-refractivity contribution in [2.75, 3.05) is 0 Å². The zero-order valence-electron chi connectivity index (χ0n) is 11.5. The maximum absolute atomic E-state index is 11.7. The first-order valence-corrected chi connectivity index (χ1v) is 6.20. The number of ether oxygens (including phenoxy) is 3. The predicted molar refractivity (Wildman–Crippen MR) is 66.1 cm³/mol. The van der Waals surface area contributed by atoms with Crippen LogP contribution in [0.5, 0.6) is 0 Å². The molecule has 0 spiro atoms. The summed E-state index contributed by atoms with van der Waals surface area (Å²) in [6.45, 7) is 9.22. The van der Waals surface area contributed by atoms with Crippen molar-refractivity contribution in [3.63, 3.8) is 0 Å². The van der Waals surface area contributed by atoms with Crippen molar-refractivity contribution in [1.29, 1.82) is 0 Å². The summed E-state index contributed by atoms with van der Waals surface area (Å²) in [7, 11) is 0. The van der Waals surface area contributed by atoms with E-state index in [4.69, 9.17) is 14.2 Å². The zero-order valence-corrected chi connectivity index (χ0v) is 11.5. The monoisotopic (exact) mass is 255 g/mol. The molecule has 18 heavy (non-hydrogen) atoms. The van der Waals surface area contributed by atoms with Gasteiger partial charge in [-0.3, -0.25) is 0 Å². The molecule has 1 N–H and O–H groups in total. The summed E-state index contributed by atoms with van der Waals surface area (Å²) in [6, 6.07) is -0.202. The Labute approximate surface area is 107 Å². The van der Waals surface area contributed by atoms with Crippen LogP contribution in [0.25, 0.3) is 0 Å². The van der Waals surface area contributed by atoms with E-state index in [2.05, 4.69) is 5.32 Å². The Kier molecular flexibility index (Phi) is 3.15. The highest BCUT2D eigenvalue weighted by molar-refractivity contribution is 5.68. The zero-order chi connectivity index (χ0) is 13.6. The number of rotatable bonds is 1. The largest absolute Gasteiger partial charge is 0.444 e. The minimum Gasteiger partial charge on any atom is -0.444 e. The van der Waals surface area contributed by atoms with Gasteiger partial charge in [0, 0.05) is 0 Å². The number of hydrogen-bond donors (Lipinski definition) is 1. The van der Waals surface area contributed by atoms with Crippen molar-refractivity contribution < 1.29 is 19.0 Å². The summed E-state index contributed by atoms with van der Waals surface area (Å²) in [5, 5.41) is 2.79. The molecular formula is C13H21NO4. The summed E-state index contributed by atoms with van der Waals surface area (Å²) in [5.41, 5.74) is -0.502. The van der Waals surface area contributed by atoms with Gasteiger partial charge >= 0.3 is 6.09 Å². The van der Waals surface area contributed by atoms with Crippen LogP contribution < -0.4 is 5.32 Å². The molecule has 0 aromatic carbocycles. The van der Waals surface area contributed by atoms with Gasteiger partial charge in [-0.25, -0.2) is 4.79 Å². The fourth-order valence-corrected chi connectivity index (χ4v) is 2.16. The Morgan fingerprint density at radius 2 is 1.94 bits per heavy atom. The fraction of sp³-hybridized carbons (Fsp3) is 0.769. The molecule has 0 unspecified atom stereocenters. The third-order valence-corrected chi connectivity index (χ3v) is 2.71. The van der Waals surface area contributed by atoms with E-state index in [-0.39, 0.29) is 18.2 Å². The van der Waals surface area contributed by atoms with Crippen molar-refractivity contribution in [2.45, 2.75) is 64.3 Å². The van der Waals surface area contributed by atoms with Crippen molar-refractivity contribution in [3.8, 4) is 0 Å². The molecule has 102 valence electrons. The molecule has 0 bridgehead atoms. The predicted octanol–water partition coefficient (Wildman–Crippen LogP) is 1.97. The number of hydrogen-bond acceptors (Lipinski definition) is 4. The van der Waals surface area contributed by atoms with Crippen LogP contribution >= 0.6 is 0 Å². The van der Waals surface area contributed by atoms with Gasteiger partial charge in [0.25, 0.3) is 0 Å². The van der Waals surface area contributed by atoms with E-state index in [0.29, 0.717) is 0 Å². The van der Waals surface area contributed by atoms with E-state index in [1.54, 1.807) is 0 Å². The lowest BCUT2D eigenvalue weighted by Crippen LogP contribution is -2.45. The van der Waals surface area contributed by atoms with Gasteiger partial charge in [-0.1, -0.05) is 12.2 Å². The highest BCUT2D eigenvalue weighted by Crippen LogP contribution is 2.34. The Bertz CT molecular complexity index is 370. The van der Waals surface area contributed by atoms with Crippen LogP contribution in [0, 0.1) is 0 Å².